The SMILES string of the molecule is O=C(NCC(O)c1cccc(C(F)(F)F)c1)c1ccnnc1. The molecular weight excluding hydrogens is 299 g/mol. The van der Waals surface area contributed by atoms with Crippen molar-refractivity contribution in [3.8, 4) is 0 Å². The standard InChI is InChI=1S/C14H12F3N3O2/c15-14(16,17)11-3-1-2-9(6-11)12(21)8-18-13(22)10-4-5-19-20-7-10/h1-7,12,21H,8H2,(H,18,22). The minimum absolute atomic E-state index is 0.0722. The molecule has 0 radical (unpaired) electrons. The molecule has 22 heavy (non-hydrogen) atoms. The second-order valence-electron chi connectivity index (χ2n) is 4.48. The van der Waals surface area contributed by atoms with Gasteiger partial charge in [0.05, 0.1) is 29.6 Å². The number of aliphatic hydroxyl groups is 1. The third-order valence-electron chi connectivity index (χ3n) is 2.90. The van der Waals surface area contributed by atoms with Gasteiger partial charge in [-0.2, -0.15) is 23.4 Å². The summed E-state index contributed by atoms with van der Waals surface area (Å²) < 4.78 is 37.8. The van der Waals surface area contributed by atoms with E-state index in [1.807, 2.05) is 0 Å². The Bertz CT molecular complexity index is 647. The number of nitrogens with one attached hydrogen (secondary N) is 1. The molecular formula is C14H12F3N3O2. The summed E-state index contributed by atoms with van der Waals surface area (Å²) in [7, 11) is 0. The summed E-state index contributed by atoms with van der Waals surface area (Å²) in [6, 6.07) is 5.76. The van der Waals surface area contributed by atoms with Gasteiger partial charge in [0.15, 0.2) is 0 Å². The number of rotatable bonds is 4. The zero-order chi connectivity index (χ0) is 16.2. The third kappa shape index (κ3) is 4.01. The largest absolute Gasteiger partial charge is 0.416 e. The number of hydrogen-bond acceptors (Lipinski definition) is 4. The highest BCUT2D eigenvalue weighted by atomic mass is 19.4. The molecule has 2 aromatic rings. The van der Waals surface area contributed by atoms with Crippen LogP contribution in [0.1, 0.15) is 27.6 Å². The van der Waals surface area contributed by atoms with Gasteiger partial charge in [-0.1, -0.05) is 12.1 Å². The maximum Gasteiger partial charge on any atom is 0.416 e. The predicted octanol–water partition coefficient (Wildman–Crippen LogP) is 1.96. The van der Waals surface area contributed by atoms with Gasteiger partial charge < -0.3 is 10.4 Å². The van der Waals surface area contributed by atoms with Gasteiger partial charge in [-0.15, -0.1) is 0 Å². The predicted molar refractivity (Wildman–Crippen MR) is 70.8 cm³/mol. The van der Waals surface area contributed by atoms with E-state index in [4.69, 9.17) is 0 Å². The summed E-state index contributed by atoms with van der Waals surface area (Å²) in [6.45, 7) is -0.220. The van der Waals surface area contributed by atoms with E-state index in [2.05, 4.69) is 15.5 Å². The number of hydrogen-bond donors (Lipinski definition) is 2. The minimum Gasteiger partial charge on any atom is -0.387 e. The van der Waals surface area contributed by atoms with Crippen molar-refractivity contribution in [3.63, 3.8) is 0 Å². The van der Waals surface area contributed by atoms with E-state index in [1.165, 1.54) is 30.6 Å². The molecule has 0 saturated heterocycles. The number of carbonyl (C=O) groups is 1. The molecule has 1 atom stereocenters. The molecule has 1 aromatic carbocycles. The zero-order valence-corrected chi connectivity index (χ0v) is 11.2. The van der Waals surface area contributed by atoms with E-state index < -0.39 is 23.8 Å². The van der Waals surface area contributed by atoms with Gasteiger partial charge in [-0.05, 0) is 23.8 Å². The monoisotopic (exact) mass is 311 g/mol. The van der Waals surface area contributed by atoms with Gasteiger partial charge >= 0.3 is 6.18 Å². The van der Waals surface area contributed by atoms with Crippen LogP contribution in [0.4, 0.5) is 13.2 Å². The summed E-state index contributed by atoms with van der Waals surface area (Å²) in [5.41, 5.74) is -0.539. The summed E-state index contributed by atoms with van der Waals surface area (Å²) in [6.07, 6.45) is -3.16. The Morgan fingerprint density at radius 2 is 2.05 bits per heavy atom. The molecule has 0 saturated carbocycles. The molecule has 116 valence electrons. The second kappa shape index (κ2) is 6.52. The summed E-state index contributed by atoms with van der Waals surface area (Å²) >= 11 is 0. The molecule has 0 fully saturated rings. The highest BCUT2D eigenvalue weighted by molar-refractivity contribution is 5.93. The molecule has 1 heterocycles. The molecule has 0 spiro atoms. The molecule has 5 nitrogen and oxygen atoms in total. The molecule has 1 unspecified atom stereocenters. The zero-order valence-electron chi connectivity index (χ0n) is 11.2. The maximum absolute atomic E-state index is 12.6. The number of alkyl halides is 3. The topological polar surface area (TPSA) is 75.1 Å². The van der Waals surface area contributed by atoms with E-state index in [-0.39, 0.29) is 17.7 Å². The Hall–Kier alpha value is -2.48. The minimum atomic E-state index is -4.48. The highest BCUT2D eigenvalue weighted by Gasteiger charge is 2.30. The van der Waals surface area contributed by atoms with Gasteiger partial charge in [0, 0.05) is 6.54 Å². The molecule has 0 bridgehead atoms. The van der Waals surface area contributed by atoms with Crippen molar-refractivity contribution in [1.82, 2.24) is 15.5 Å². The first-order valence-corrected chi connectivity index (χ1v) is 6.28. The van der Waals surface area contributed by atoms with Gasteiger partial charge in [-0.25, -0.2) is 0 Å². The number of amides is 1. The first-order chi connectivity index (χ1) is 10.4. The van der Waals surface area contributed by atoms with Crippen LogP contribution >= 0.6 is 0 Å². The quantitative estimate of drug-likeness (QED) is 0.905. The third-order valence-corrected chi connectivity index (χ3v) is 2.90. The van der Waals surface area contributed by atoms with E-state index in [9.17, 15) is 23.1 Å². The van der Waals surface area contributed by atoms with Crippen molar-refractivity contribution in [2.75, 3.05) is 6.54 Å². The summed E-state index contributed by atoms with van der Waals surface area (Å²) in [4.78, 5) is 11.7. The van der Waals surface area contributed by atoms with Crippen molar-refractivity contribution < 1.29 is 23.1 Å². The van der Waals surface area contributed by atoms with E-state index in [0.29, 0.717) is 0 Å². The smallest absolute Gasteiger partial charge is 0.387 e. The maximum atomic E-state index is 12.6. The van der Waals surface area contributed by atoms with Crippen molar-refractivity contribution in [3.05, 3.63) is 59.4 Å². The van der Waals surface area contributed by atoms with Crippen molar-refractivity contribution in [1.29, 1.82) is 0 Å². The number of aromatic nitrogens is 2. The average Bonchev–Trinajstić information content (AvgIpc) is 2.52. The summed E-state index contributed by atoms with van der Waals surface area (Å²) in [5, 5.41) is 19.4. The Labute approximate surface area is 123 Å². The number of carbonyl (C=O) groups excluding carboxylic acids is 1. The number of benzene rings is 1. The molecule has 2 rings (SSSR count). The van der Waals surface area contributed by atoms with Crippen LogP contribution in [-0.4, -0.2) is 27.8 Å². The molecule has 0 aliphatic heterocycles. The van der Waals surface area contributed by atoms with Gasteiger partial charge in [-0.3, -0.25) is 4.79 Å². The Kier molecular flexibility index (Phi) is 4.71. The fraction of sp³-hybridized carbons (Fsp3) is 0.214. The highest BCUT2D eigenvalue weighted by Crippen LogP contribution is 2.30. The van der Waals surface area contributed by atoms with Crippen LogP contribution < -0.4 is 5.32 Å². The molecule has 0 aliphatic carbocycles. The number of aliphatic hydroxyl groups excluding tert-OH is 1. The first kappa shape index (κ1) is 15.9. The lowest BCUT2D eigenvalue weighted by atomic mass is 10.1. The lowest BCUT2D eigenvalue weighted by Gasteiger charge is -2.14. The Morgan fingerprint density at radius 1 is 1.27 bits per heavy atom. The van der Waals surface area contributed by atoms with Gasteiger partial charge in [0.25, 0.3) is 5.91 Å². The van der Waals surface area contributed by atoms with Crippen LogP contribution in [-0.2, 0) is 6.18 Å². The van der Waals surface area contributed by atoms with Crippen LogP contribution in [0.3, 0.4) is 0 Å². The van der Waals surface area contributed by atoms with Crippen LogP contribution in [0.25, 0.3) is 0 Å². The van der Waals surface area contributed by atoms with Gasteiger partial charge in [0.1, 0.15) is 0 Å². The fourth-order valence-corrected chi connectivity index (χ4v) is 1.76. The van der Waals surface area contributed by atoms with Crippen LogP contribution in [0, 0.1) is 0 Å². The lowest BCUT2D eigenvalue weighted by Crippen LogP contribution is -2.28. The number of nitrogens with zero attached hydrogens (tertiary/aromatic N) is 2. The average molecular weight is 311 g/mol. The van der Waals surface area contributed by atoms with E-state index >= 15 is 0 Å². The van der Waals surface area contributed by atoms with Crippen molar-refractivity contribution in [2.24, 2.45) is 0 Å². The van der Waals surface area contributed by atoms with Crippen LogP contribution in [0.15, 0.2) is 42.7 Å². The first-order valence-electron chi connectivity index (χ1n) is 6.28. The van der Waals surface area contributed by atoms with E-state index in [0.717, 1.165) is 12.1 Å². The summed E-state index contributed by atoms with van der Waals surface area (Å²) in [5.74, 6) is -0.499. The molecule has 0 aliphatic rings. The Balaban J connectivity index is 2.01. The van der Waals surface area contributed by atoms with Gasteiger partial charge in [0.2, 0.25) is 0 Å². The molecule has 8 heteroatoms. The second-order valence-corrected chi connectivity index (χ2v) is 4.48. The van der Waals surface area contributed by atoms with Crippen LogP contribution in [0.2, 0.25) is 0 Å². The lowest BCUT2D eigenvalue weighted by molar-refractivity contribution is -0.137. The van der Waals surface area contributed by atoms with Crippen molar-refractivity contribution in [2.45, 2.75) is 12.3 Å². The molecule has 2 N–H and O–H groups in total. The molecule has 1 amide bonds. The van der Waals surface area contributed by atoms with Crippen LogP contribution in [0.5, 0.6) is 0 Å². The number of halogens is 3. The normalized spacial score (nSPS) is 12.7. The van der Waals surface area contributed by atoms with Crippen molar-refractivity contribution >= 4 is 5.91 Å². The Morgan fingerprint density at radius 3 is 2.68 bits per heavy atom. The molecule has 1 aromatic heterocycles. The van der Waals surface area contributed by atoms with E-state index in [1.54, 1.807) is 0 Å². The fourth-order valence-electron chi connectivity index (χ4n) is 1.76.